The Morgan fingerprint density at radius 3 is 2.24 bits per heavy atom. The molecule has 0 aromatic heterocycles. The number of aryl methyl sites for hydroxylation is 1. The van der Waals surface area contributed by atoms with Crippen LogP contribution < -0.4 is 15.1 Å². The Hall–Kier alpha value is -4.46. The molecule has 3 aromatic carbocycles. The smallest absolute Gasteiger partial charge is 0.299 e. The fourth-order valence-corrected chi connectivity index (χ4v) is 4.27. The lowest BCUT2D eigenvalue weighted by molar-refractivity contribution is -0.138. The maximum Gasteiger partial charge on any atom is 0.299 e. The molecule has 190 valence electrons. The van der Waals surface area contributed by atoms with Gasteiger partial charge in [0.2, 0.25) is 11.8 Å². The van der Waals surface area contributed by atoms with Crippen LogP contribution in [-0.4, -0.2) is 55.1 Å². The van der Waals surface area contributed by atoms with Crippen molar-refractivity contribution >= 4 is 40.6 Å². The predicted octanol–water partition coefficient (Wildman–Crippen LogP) is 3.65. The van der Waals surface area contributed by atoms with Crippen LogP contribution in [0.3, 0.4) is 0 Å². The third kappa shape index (κ3) is 5.38. The number of benzene rings is 3. The second kappa shape index (κ2) is 10.7. The van der Waals surface area contributed by atoms with Crippen molar-refractivity contribution in [2.24, 2.45) is 0 Å². The standard InChI is InChI=1S/C29H30N4O4/c1-19-9-5-6-10-21(19)17-32(20(2)28(36)30-22-13-15-23(16-14-22)31(3)4)26(34)18-33-25-12-8-7-11-24(25)27(35)29(33)37/h5-16,20H,17-18H2,1-4H3,(H,30,36). The molecule has 1 unspecified atom stereocenters. The van der Waals surface area contributed by atoms with Crippen LogP contribution in [0.15, 0.2) is 72.8 Å². The highest BCUT2D eigenvalue weighted by atomic mass is 16.2. The van der Waals surface area contributed by atoms with E-state index in [0.717, 1.165) is 16.8 Å². The summed E-state index contributed by atoms with van der Waals surface area (Å²) in [5.74, 6) is -2.18. The van der Waals surface area contributed by atoms with Gasteiger partial charge >= 0.3 is 0 Å². The second-order valence-electron chi connectivity index (χ2n) is 9.29. The number of ketones is 1. The van der Waals surface area contributed by atoms with E-state index in [9.17, 15) is 19.2 Å². The second-order valence-corrected chi connectivity index (χ2v) is 9.29. The van der Waals surface area contributed by atoms with Gasteiger partial charge in [-0.3, -0.25) is 24.1 Å². The highest BCUT2D eigenvalue weighted by molar-refractivity contribution is 6.52. The van der Waals surface area contributed by atoms with Crippen molar-refractivity contribution in [1.82, 2.24) is 4.90 Å². The number of amides is 3. The molecule has 1 aliphatic heterocycles. The van der Waals surface area contributed by atoms with Crippen LogP contribution in [0.1, 0.15) is 28.4 Å². The van der Waals surface area contributed by atoms with Crippen molar-refractivity contribution in [3.63, 3.8) is 0 Å². The van der Waals surface area contributed by atoms with Gasteiger partial charge in [0.05, 0.1) is 11.3 Å². The van der Waals surface area contributed by atoms with Crippen molar-refractivity contribution in [2.45, 2.75) is 26.4 Å². The van der Waals surface area contributed by atoms with E-state index < -0.39 is 23.6 Å². The topological polar surface area (TPSA) is 90.0 Å². The molecule has 1 heterocycles. The summed E-state index contributed by atoms with van der Waals surface area (Å²) in [4.78, 5) is 56.6. The fourth-order valence-electron chi connectivity index (χ4n) is 4.27. The molecule has 8 nitrogen and oxygen atoms in total. The first kappa shape index (κ1) is 25.6. The molecule has 1 N–H and O–H groups in total. The summed E-state index contributed by atoms with van der Waals surface area (Å²) in [5.41, 5.74) is 4.14. The summed E-state index contributed by atoms with van der Waals surface area (Å²) in [6.45, 7) is 3.43. The van der Waals surface area contributed by atoms with Crippen molar-refractivity contribution < 1.29 is 19.2 Å². The number of nitrogens with one attached hydrogen (secondary N) is 1. The molecule has 0 saturated carbocycles. The molecule has 3 amide bonds. The summed E-state index contributed by atoms with van der Waals surface area (Å²) in [6.07, 6.45) is 0. The summed E-state index contributed by atoms with van der Waals surface area (Å²) in [6, 6.07) is 20.8. The van der Waals surface area contributed by atoms with Crippen LogP contribution in [0.2, 0.25) is 0 Å². The number of nitrogens with zero attached hydrogens (tertiary/aromatic N) is 3. The lowest BCUT2D eigenvalue weighted by Crippen LogP contribution is -2.49. The third-order valence-corrected chi connectivity index (χ3v) is 6.59. The Labute approximate surface area is 216 Å². The number of Topliss-reactive ketones (excluding diaryl/α,β-unsaturated/α-hetero) is 1. The third-order valence-electron chi connectivity index (χ3n) is 6.59. The average Bonchev–Trinajstić information content (AvgIpc) is 3.13. The number of carbonyl (C=O) groups excluding carboxylic acids is 4. The van der Waals surface area contributed by atoms with Crippen LogP contribution in [0.5, 0.6) is 0 Å². The SMILES string of the molecule is Cc1ccccc1CN(C(=O)CN1C(=O)C(=O)c2ccccc21)C(C)C(=O)Nc1ccc(N(C)C)cc1. The van der Waals surface area contributed by atoms with Gasteiger partial charge in [-0.25, -0.2) is 0 Å². The highest BCUT2D eigenvalue weighted by Crippen LogP contribution is 2.28. The highest BCUT2D eigenvalue weighted by Gasteiger charge is 2.38. The van der Waals surface area contributed by atoms with Gasteiger partial charge in [-0.2, -0.15) is 0 Å². The maximum atomic E-state index is 13.6. The van der Waals surface area contributed by atoms with E-state index in [1.807, 2.05) is 62.3 Å². The summed E-state index contributed by atoms with van der Waals surface area (Å²) < 4.78 is 0. The number of rotatable bonds is 8. The predicted molar refractivity (Wildman–Crippen MR) is 144 cm³/mol. The van der Waals surface area contributed by atoms with Gasteiger partial charge in [0, 0.05) is 32.0 Å². The molecule has 3 aromatic rings. The van der Waals surface area contributed by atoms with E-state index in [2.05, 4.69) is 5.32 Å². The van der Waals surface area contributed by atoms with Crippen molar-refractivity contribution in [3.8, 4) is 0 Å². The normalized spacial score (nSPS) is 13.2. The van der Waals surface area contributed by atoms with Gasteiger partial charge in [-0.05, 0) is 61.4 Å². The number of fused-ring (bicyclic) bond motifs is 1. The molecule has 0 radical (unpaired) electrons. The largest absolute Gasteiger partial charge is 0.378 e. The molecular weight excluding hydrogens is 468 g/mol. The Morgan fingerprint density at radius 2 is 1.57 bits per heavy atom. The number of hydrogen-bond acceptors (Lipinski definition) is 5. The summed E-state index contributed by atoms with van der Waals surface area (Å²) in [7, 11) is 3.86. The average molecular weight is 499 g/mol. The minimum Gasteiger partial charge on any atom is -0.378 e. The summed E-state index contributed by atoms with van der Waals surface area (Å²) in [5, 5.41) is 2.88. The van der Waals surface area contributed by atoms with E-state index in [0.29, 0.717) is 11.4 Å². The Balaban J connectivity index is 1.58. The Bertz CT molecular complexity index is 1350. The monoisotopic (exact) mass is 498 g/mol. The Morgan fingerprint density at radius 1 is 0.919 bits per heavy atom. The molecule has 8 heteroatoms. The van der Waals surface area contributed by atoms with Crippen LogP contribution in [0.25, 0.3) is 0 Å². The van der Waals surface area contributed by atoms with Gasteiger partial charge in [-0.1, -0.05) is 36.4 Å². The molecule has 37 heavy (non-hydrogen) atoms. The Kier molecular flexibility index (Phi) is 7.38. The van der Waals surface area contributed by atoms with E-state index in [1.165, 1.54) is 9.80 Å². The molecule has 0 aliphatic carbocycles. The van der Waals surface area contributed by atoms with Crippen LogP contribution in [-0.2, 0) is 20.9 Å². The molecule has 4 rings (SSSR count). The van der Waals surface area contributed by atoms with Crippen molar-refractivity contribution in [3.05, 3.63) is 89.5 Å². The van der Waals surface area contributed by atoms with Gasteiger partial charge in [0.15, 0.2) is 0 Å². The number of anilines is 3. The van der Waals surface area contributed by atoms with Crippen molar-refractivity contribution in [1.29, 1.82) is 0 Å². The zero-order chi connectivity index (χ0) is 26.7. The van der Waals surface area contributed by atoms with Crippen LogP contribution >= 0.6 is 0 Å². The maximum absolute atomic E-state index is 13.6. The van der Waals surface area contributed by atoms with Gasteiger partial charge in [0.25, 0.3) is 11.7 Å². The van der Waals surface area contributed by atoms with Gasteiger partial charge in [-0.15, -0.1) is 0 Å². The van der Waals surface area contributed by atoms with Gasteiger partial charge in [0.1, 0.15) is 12.6 Å². The first-order chi connectivity index (χ1) is 17.7. The van der Waals surface area contributed by atoms with Crippen LogP contribution in [0.4, 0.5) is 17.1 Å². The molecule has 0 fully saturated rings. The minimum atomic E-state index is -0.843. The first-order valence-electron chi connectivity index (χ1n) is 12.0. The van der Waals surface area contributed by atoms with E-state index in [1.54, 1.807) is 43.3 Å². The zero-order valence-electron chi connectivity index (χ0n) is 21.4. The fraction of sp³-hybridized carbons (Fsp3) is 0.241. The van der Waals surface area contributed by atoms with E-state index in [-0.39, 0.29) is 24.6 Å². The molecule has 0 saturated heterocycles. The molecule has 1 aliphatic rings. The number of carbonyl (C=O) groups is 4. The minimum absolute atomic E-state index is 0.178. The lowest BCUT2D eigenvalue weighted by atomic mass is 10.1. The molecule has 0 spiro atoms. The number of hydrogen-bond donors (Lipinski definition) is 1. The quantitative estimate of drug-likeness (QED) is 0.479. The molecular formula is C29H30N4O4. The molecule has 1 atom stereocenters. The van der Waals surface area contributed by atoms with E-state index >= 15 is 0 Å². The zero-order valence-corrected chi connectivity index (χ0v) is 21.4. The molecule has 0 bridgehead atoms. The number of para-hydroxylation sites is 1. The van der Waals surface area contributed by atoms with Crippen molar-refractivity contribution in [2.75, 3.05) is 35.8 Å². The summed E-state index contributed by atoms with van der Waals surface area (Å²) >= 11 is 0. The van der Waals surface area contributed by atoms with E-state index in [4.69, 9.17) is 0 Å². The van der Waals surface area contributed by atoms with Crippen LogP contribution in [0, 0.1) is 6.92 Å². The lowest BCUT2D eigenvalue weighted by Gasteiger charge is -2.31. The van der Waals surface area contributed by atoms with Gasteiger partial charge < -0.3 is 15.1 Å². The first-order valence-corrected chi connectivity index (χ1v) is 12.0.